The molecule has 5 rings (SSSR count). The van der Waals surface area contributed by atoms with Crippen molar-refractivity contribution in [2.45, 2.75) is 71.1 Å². The molecule has 6 nitrogen and oxygen atoms in total. The molecule has 2 aromatic heterocycles. The van der Waals surface area contributed by atoms with Crippen LogP contribution < -0.4 is 10.7 Å². The molecule has 1 radical (unpaired) electrons. The van der Waals surface area contributed by atoms with E-state index in [9.17, 15) is 9.90 Å². The van der Waals surface area contributed by atoms with Gasteiger partial charge < -0.3 is 25.5 Å². The molecule has 0 spiro atoms. The van der Waals surface area contributed by atoms with Crippen molar-refractivity contribution in [2.75, 3.05) is 0 Å². The first-order valence-electron chi connectivity index (χ1n) is 12.6. The molecule has 8 heteroatoms. The molecule has 4 aromatic rings. The van der Waals surface area contributed by atoms with Crippen LogP contribution in [0, 0.1) is 5.41 Å². The van der Waals surface area contributed by atoms with Crippen LogP contribution in [0.25, 0.3) is 21.8 Å². The molecule has 0 bridgehead atoms. The van der Waals surface area contributed by atoms with Crippen LogP contribution in [0.15, 0.2) is 60.9 Å². The van der Waals surface area contributed by atoms with Gasteiger partial charge in [0.1, 0.15) is 0 Å². The fraction of sp³-hybridized carbons (Fsp3) is 0.414. The Morgan fingerprint density at radius 1 is 1.22 bits per heavy atom. The molecule has 1 saturated heterocycles. The van der Waals surface area contributed by atoms with Crippen LogP contribution >= 0.6 is 9.39 Å². The number of nitrogens with zero attached hydrogens (tertiary/aromatic N) is 2. The van der Waals surface area contributed by atoms with Crippen LogP contribution in [-0.2, 0) is 50.3 Å². The summed E-state index contributed by atoms with van der Waals surface area (Å²) in [6.07, 6.45) is 6.78. The minimum absolute atomic E-state index is 0. The second-order valence-electron chi connectivity index (χ2n) is 11.0. The Morgan fingerprint density at radius 3 is 2.51 bits per heavy atom. The standard InChI is InChI=1S/C15H18N2OP.C14H20N2O.Y/c1-10-7-15(2,14(18)17(10)19)8-11-9-16-13-6-4-3-5-12(11)13;1-10(15)7-14(2,17)8-11-9-16-13-6-4-3-5-12(11)13;/h3-6,9-10H,7-8,19H2,1-2H3;3-6,9-10,16-17H,7-8,15H2,1-2H3;/q-1;;. The van der Waals surface area contributed by atoms with Gasteiger partial charge in [-0.25, -0.2) is 0 Å². The summed E-state index contributed by atoms with van der Waals surface area (Å²) in [5.41, 5.74) is 9.15. The largest absolute Gasteiger partial charge is 0.663 e. The normalized spacial score (nSPS) is 21.9. The van der Waals surface area contributed by atoms with Crippen LogP contribution in [0.2, 0.25) is 0 Å². The number of rotatable bonds is 6. The van der Waals surface area contributed by atoms with Crippen molar-refractivity contribution in [1.82, 2.24) is 14.6 Å². The van der Waals surface area contributed by atoms with Crippen molar-refractivity contribution in [1.29, 1.82) is 0 Å². The zero-order valence-electron chi connectivity index (χ0n) is 22.2. The van der Waals surface area contributed by atoms with Crippen molar-refractivity contribution in [3.63, 3.8) is 0 Å². The first-order chi connectivity index (χ1) is 17.0. The van der Waals surface area contributed by atoms with Gasteiger partial charge in [0.15, 0.2) is 0 Å². The van der Waals surface area contributed by atoms with Crippen LogP contribution in [0.1, 0.15) is 51.7 Å². The molecule has 0 aliphatic carbocycles. The van der Waals surface area contributed by atoms with Crippen molar-refractivity contribution in [3.8, 4) is 0 Å². The molecule has 1 aliphatic heterocycles. The summed E-state index contributed by atoms with van der Waals surface area (Å²) in [4.78, 5) is 20.0. The molecule has 3 heterocycles. The summed E-state index contributed by atoms with van der Waals surface area (Å²) in [5.74, 6) is 0.218. The van der Waals surface area contributed by atoms with Crippen molar-refractivity contribution in [3.05, 3.63) is 72.1 Å². The zero-order chi connectivity index (χ0) is 26.1. The minimum atomic E-state index is -0.751. The van der Waals surface area contributed by atoms with Crippen LogP contribution in [0.4, 0.5) is 0 Å². The maximum absolute atomic E-state index is 12.4. The maximum atomic E-state index is 12.4. The van der Waals surface area contributed by atoms with E-state index in [0.29, 0.717) is 12.8 Å². The first-order valence-corrected chi connectivity index (χ1v) is 13.1. The Labute approximate surface area is 247 Å². The Balaban J connectivity index is 0.000000201. The molecular formula is C29H38N4O2PY-. The third-order valence-corrected chi connectivity index (χ3v) is 7.91. The number of carbonyl (C=O) groups excluding carboxylic acids is 1. The zero-order valence-corrected chi connectivity index (χ0v) is 26.2. The number of benzene rings is 2. The predicted molar refractivity (Wildman–Crippen MR) is 151 cm³/mol. The summed E-state index contributed by atoms with van der Waals surface area (Å²) >= 11 is 0. The van der Waals surface area contributed by atoms with E-state index in [1.54, 1.807) is 4.67 Å². The van der Waals surface area contributed by atoms with Gasteiger partial charge in [0.2, 0.25) is 5.91 Å². The number of hydrogen-bond donors (Lipinski definition) is 3. The summed E-state index contributed by atoms with van der Waals surface area (Å²) in [6, 6.07) is 16.5. The van der Waals surface area contributed by atoms with Crippen molar-refractivity contribution < 1.29 is 42.6 Å². The fourth-order valence-electron chi connectivity index (χ4n) is 5.59. The fourth-order valence-corrected chi connectivity index (χ4v) is 6.00. The van der Waals surface area contributed by atoms with Gasteiger partial charge in [0, 0.05) is 68.3 Å². The molecule has 4 N–H and O–H groups in total. The average molecular weight is 595 g/mol. The van der Waals surface area contributed by atoms with Gasteiger partial charge in [-0.2, -0.15) is 6.20 Å². The molecule has 5 atom stereocenters. The second-order valence-corrected chi connectivity index (χ2v) is 11.6. The number of aromatic amines is 1. The Hall–Kier alpha value is -1.56. The molecular weight excluding hydrogens is 556 g/mol. The number of carbonyl (C=O) groups is 1. The topological polar surface area (TPSA) is 96.5 Å². The van der Waals surface area contributed by atoms with Crippen LogP contribution in [0.5, 0.6) is 0 Å². The Morgan fingerprint density at radius 2 is 1.86 bits per heavy atom. The van der Waals surface area contributed by atoms with Gasteiger partial charge in [-0.15, -0.1) is 5.52 Å². The minimum Gasteiger partial charge on any atom is -0.663 e. The van der Waals surface area contributed by atoms with E-state index in [2.05, 4.69) is 45.3 Å². The van der Waals surface area contributed by atoms with Crippen molar-refractivity contribution in [2.24, 2.45) is 11.1 Å². The number of para-hydroxylation sites is 2. The number of aromatic nitrogens is 2. The molecule has 5 unspecified atom stereocenters. The molecule has 1 fully saturated rings. The second kappa shape index (κ2) is 12.1. The molecule has 1 aliphatic rings. The predicted octanol–water partition coefficient (Wildman–Crippen LogP) is 4.95. The number of hydrogen-bond acceptors (Lipinski definition) is 3. The van der Waals surface area contributed by atoms with E-state index in [1.165, 1.54) is 16.3 Å². The first kappa shape index (κ1) is 30.0. The molecule has 195 valence electrons. The SMILES string of the molecule is CC(N)CC(C)(O)Cc1c[nH]c2ccccc12.CC1CC(C)(Cc2c[n-]c3ccccc23)C(=O)N1P.[Y]. The number of nitrogens with two attached hydrogens (primary N) is 1. The molecule has 0 saturated carbocycles. The van der Waals surface area contributed by atoms with Crippen LogP contribution in [0.3, 0.4) is 0 Å². The van der Waals surface area contributed by atoms with Gasteiger partial charge in [-0.1, -0.05) is 55.0 Å². The molecule has 2 aromatic carbocycles. The third kappa shape index (κ3) is 6.91. The van der Waals surface area contributed by atoms with Crippen LogP contribution in [-0.4, -0.2) is 38.4 Å². The summed E-state index contributed by atoms with van der Waals surface area (Å²) in [7, 11) is 2.55. The number of H-pyrrole nitrogens is 1. The summed E-state index contributed by atoms with van der Waals surface area (Å²) < 4.78 is 1.79. The van der Waals surface area contributed by atoms with E-state index in [-0.39, 0.29) is 56.1 Å². The summed E-state index contributed by atoms with van der Waals surface area (Å²) in [5, 5.41) is 12.7. The Kier molecular flexibility index (Phi) is 9.80. The molecule has 1 amide bonds. The number of aliphatic hydroxyl groups is 1. The number of amides is 1. The van der Waals surface area contributed by atoms with Gasteiger partial charge in [-0.05, 0) is 66.4 Å². The van der Waals surface area contributed by atoms with Crippen molar-refractivity contribution >= 4 is 37.1 Å². The van der Waals surface area contributed by atoms with E-state index in [4.69, 9.17) is 5.73 Å². The van der Waals surface area contributed by atoms with E-state index >= 15 is 0 Å². The smallest absolute Gasteiger partial charge is 0.231 e. The summed E-state index contributed by atoms with van der Waals surface area (Å²) in [6.45, 7) is 7.93. The van der Waals surface area contributed by atoms with Gasteiger partial charge >= 0.3 is 0 Å². The average Bonchev–Trinajstić information content (AvgIpc) is 3.46. The Bertz CT molecular complexity index is 1350. The number of fused-ring (bicyclic) bond motifs is 2. The maximum Gasteiger partial charge on any atom is 0.231 e. The third-order valence-electron chi connectivity index (χ3n) is 7.17. The van der Waals surface area contributed by atoms with Gasteiger partial charge in [-0.3, -0.25) is 4.79 Å². The van der Waals surface area contributed by atoms with Gasteiger partial charge in [0.05, 0.1) is 11.0 Å². The van der Waals surface area contributed by atoms with E-state index in [0.717, 1.165) is 29.4 Å². The molecule has 37 heavy (non-hydrogen) atoms. The van der Waals surface area contributed by atoms with Gasteiger partial charge in [0.25, 0.3) is 0 Å². The number of nitrogens with one attached hydrogen (secondary N) is 1. The monoisotopic (exact) mass is 594 g/mol. The van der Waals surface area contributed by atoms with E-state index in [1.807, 2.05) is 62.6 Å². The quantitative estimate of drug-likeness (QED) is 0.275. The van der Waals surface area contributed by atoms with E-state index < -0.39 is 5.60 Å².